The highest BCUT2D eigenvalue weighted by atomic mass is 35.5. The number of benzene rings is 2. The van der Waals surface area contributed by atoms with Crippen molar-refractivity contribution in [3.05, 3.63) is 58.1 Å². The van der Waals surface area contributed by atoms with Gasteiger partial charge in [-0.2, -0.15) is 0 Å². The van der Waals surface area contributed by atoms with E-state index in [1.54, 1.807) is 25.1 Å². The van der Waals surface area contributed by atoms with Gasteiger partial charge in [0.1, 0.15) is 12.4 Å². The van der Waals surface area contributed by atoms with E-state index in [4.69, 9.17) is 21.1 Å². The first-order chi connectivity index (χ1) is 24.5. The maximum absolute atomic E-state index is 13.6. The van der Waals surface area contributed by atoms with E-state index in [1.807, 2.05) is 25.1 Å². The van der Waals surface area contributed by atoms with Crippen molar-refractivity contribution in [2.24, 2.45) is 17.8 Å². The van der Waals surface area contributed by atoms with E-state index in [0.29, 0.717) is 42.8 Å². The Kier molecular flexibility index (Phi) is 11.2. The first-order valence-electron chi connectivity index (χ1n) is 19.1. The number of carbonyl (C=O) groups excluding carboxylic acids is 1. The van der Waals surface area contributed by atoms with Crippen LogP contribution >= 0.6 is 11.6 Å². The second-order valence-corrected chi connectivity index (χ2v) is 18.4. The first kappa shape index (κ1) is 36.9. The van der Waals surface area contributed by atoms with Crippen LogP contribution in [-0.2, 0) is 27.8 Å². The van der Waals surface area contributed by atoms with E-state index in [-0.39, 0.29) is 23.3 Å². The summed E-state index contributed by atoms with van der Waals surface area (Å²) in [4.78, 5) is 20.8. The van der Waals surface area contributed by atoms with E-state index in [0.717, 1.165) is 102 Å². The topological polar surface area (TPSA) is 112 Å². The number of amides is 1. The standard InChI is InChI=1S/C39H55ClN4O6S/c1-27-6-5-14-39(46,26-42-23-34(24-42)43-16-18-49-19-17-43)35-12-9-31(35)22-44-15-4-3-7-29-20-33(40)11-8-32(29)25-50-37-13-10-30(21-36(37)44)38(45)41-51(47,48)28(27)2/h8,10-11,13,20-21,27-28,31,34-35,46H,3-7,9,12,14-19,22-26H2,1-2H3,(H,41,45)/t27-,28+,31-,35+,39+/m0/s1. The molecule has 2 aromatic carbocycles. The summed E-state index contributed by atoms with van der Waals surface area (Å²) in [5.74, 6) is 0.251. The molecule has 0 spiro atoms. The molecule has 4 aliphatic heterocycles. The predicted molar refractivity (Wildman–Crippen MR) is 200 cm³/mol. The van der Waals surface area contributed by atoms with Crippen molar-refractivity contribution in [3.8, 4) is 5.75 Å². The Morgan fingerprint density at radius 1 is 0.961 bits per heavy atom. The summed E-state index contributed by atoms with van der Waals surface area (Å²) in [5.41, 5.74) is 2.46. The molecule has 5 atom stereocenters. The lowest BCUT2D eigenvalue weighted by Crippen LogP contribution is -2.65. The molecular formula is C39H55ClN4O6S. The number of likely N-dealkylation sites (tertiary alicyclic amines) is 1. The van der Waals surface area contributed by atoms with Gasteiger partial charge in [-0.1, -0.05) is 31.0 Å². The Morgan fingerprint density at radius 3 is 2.53 bits per heavy atom. The molecule has 0 unspecified atom stereocenters. The number of morpholine rings is 1. The summed E-state index contributed by atoms with van der Waals surface area (Å²) in [7, 11) is -3.94. The number of anilines is 1. The second kappa shape index (κ2) is 15.5. The van der Waals surface area contributed by atoms with Gasteiger partial charge in [-0.3, -0.25) is 14.6 Å². The monoisotopic (exact) mass is 742 g/mol. The third-order valence-electron chi connectivity index (χ3n) is 12.6. The van der Waals surface area contributed by atoms with Gasteiger partial charge in [-0.15, -0.1) is 0 Å². The van der Waals surface area contributed by atoms with Crippen LogP contribution in [0, 0.1) is 17.8 Å². The zero-order chi connectivity index (χ0) is 35.8. The van der Waals surface area contributed by atoms with Gasteiger partial charge in [0.2, 0.25) is 10.0 Å². The number of β-amino-alcohol motifs (C(OH)–C–C–N with tert-alkyl or cyclic N) is 1. The first-order valence-corrected chi connectivity index (χ1v) is 21.0. The number of ether oxygens (including phenoxy) is 2. The van der Waals surface area contributed by atoms with E-state index >= 15 is 0 Å². The number of rotatable bonds is 3. The molecule has 0 radical (unpaired) electrons. The molecule has 3 fully saturated rings. The van der Waals surface area contributed by atoms with Crippen LogP contribution in [0.15, 0.2) is 36.4 Å². The van der Waals surface area contributed by atoms with Gasteiger partial charge in [0.25, 0.3) is 5.91 Å². The predicted octanol–water partition coefficient (Wildman–Crippen LogP) is 5.10. The molecule has 5 aliphatic rings. The van der Waals surface area contributed by atoms with E-state index in [2.05, 4.69) is 19.4 Å². The maximum Gasteiger partial charge on any atom is 0.264 e. The van der Waals surface area contributed by atoms with Crippen molar-refractivity contribution < 1.29 is 27.8 Å². The average Bonchev–Trinajstić information content (AvgIpc) is 3.10. The minimum absolute atomic E-state index is 0.129. The lowest BCUT2D eigenvalue weighted by molar-refractivity contribution is -0.126. The Hall–Kier alpha value is -2.41. The lowest BCUT2D eigenvalue weighted by Gasteiger charge is -2.54. The van der Waals surface area contributed by atoms with Crippen LogP contribution in [0.2, 0.25) is 5.02 Å². The zero-order valence-electron chi connectivity index (χ0n) is 30.2. The van der Waals surface area contributed by atoms with E-state index < -0.39 is 26.8 Å². The minimum atomic E-state index is -3.94. The Morgan fingerprint density at radius 2 is 1.76 bits per heavy atom. The van der Waals surface area contributed by atoms with Crippen molar-refractivity contribution >= 4 is 33.2 Å². The number of fused-ring (bicyclic) bond motifs is 3. The molecule has 12 heteroatoms. The molecular weight excluding hydrogens is 688 g/mol. The largest absolute Gasteiger partial charge is 0.487 e. The summed E-state index contributed by atoms with van der Waals surface area (Å²) in [5, 5.41) is 12.6. The minimum Gasteiger partial charge on any atom is -0.487 e. The van der Waals surface area contributed by atoms with Crippen LogP contribution in [0.4, 0.5) is 5.69 Å². The molecule has 2 aromatic rings. The highest BCUT2D eigenvalue weighted by Gasteiger charge is 2.49. The van der Waals surface area contributed by atoms with Crippen molar-refractivity contribution in [1.82, 2.24) is 14.5 Å². The van der Waals surface area contributed by atoms with Crippen LogP contribution in [0.25, 0.3) is 0 Å². The van der Waals surface area contributed by atoms with Crippen molar-refractivity contribution in [1.29, 1.82) is 0 Å². The second-order valence-electron chi connectivity index (χ2n) is 15.9. The third kappa shape index (κ3) is 8.24. The lowest BCUT2D eigenvalue weighted by atomic mass is 9.62. The van der Waals surface area contributed by atoms with Crippen LogP contribution in [0.3, 0.4) is 0 Å². The fourth-order valence-corrected chi connectivity index (χ4v) is 10.5. The molecule has 1 aliphatic carbocycles. The molecule has 280 valence electrons. The van der Waals surface area contributed by atoms with Crippen LogP contribution in [-0.4, -0.2) is 105 Å². The molecule has 2 bridgehead atoms. The van der Waals surface area contributed by atoms with Gasteiger partial charge in [-0.05, 0) is 111 Å². The highest BCUT2D eigenvalue weighted by molar-refractivity contribution is 7.90. The molecule has 51 heavy (non-hydrogen) atoms. The van der Waals surface area contributed by atoms with Crippen molar-refractivity contribution in [2.75, 3.05) is 63.9 Å². The summed E-state index contributed by atoms with van der Waals surface area (Å²) >= 11 is 6.38. The third-order valence-corrected chi connectivity index (χ3v) is 14.7. The average molecular weight is 743 g/mol. The fourth-order valence-electron chi connectivity index (χ4n) is 9.02. The summed E-state index contributed by atoms with van der Waals surface area (Å²) in [6.07, 6.45) is 6.78. The molecule has 4 heterocycles. The number of carbonyl (C=O) groups is 1. The van der Waals surface area contributed by atoms with Crippen LogP contribution in [0.1, 0.15) is 80.3 Å². The summed E-state index contributed by atoms with van der Waals surface area (Å²) in [6, 6.07) is 11.7. The van der Waals surface area contributed by atoms with E-state index in [9.17, 15) is 18.3 Å². The summed E-state index contributed by atoms with van der Waals surface area (Å²) < 4.78 is 41.5. The number of hydrogen-bond donors (Lipinski definition) is 2. The van der Waals surface area contributed by atoms with Crippen LogP contribution in [0.5, 0.6) is 5.75 Å². The summed E-state index contributed by atoms with van der Waals surface area (Å²) in [6.45, 7) is 11.5. The van der Waals surface area contributed by atoms with Crippen molar-refractivity contribution in [3.63, 3.8) is 0 Å². The Labute approximate surface area is 308 Å². The van der Waals surface area contributed by atoms with Gasteiger partial charge in [0, 0.05) is 62.4 Å². The molecule has 2 N–H and O–H groups in total. The highest BCUT2D eigenvalue weighted by Crippen LogP contribution is 2.47. The zero-order valence-corrected chi connectivity index (χ0v) is 31.8. The Balaban J connectivity index is 1.19. The van der Waals surface area contributed by atoms with Gasteiger partial charge < -0.3 is 19.5 Å². The molecule has 2 saturated heterocycles. The Bertz CT molecular complexity index is 1660. The number of hydrogen-bond acceptors (Lipinski definition) is 9. The molecule has 1 saturated carbocycles. The molecule has 10 nitrogen and oxygen atoms in total. The van der Waals surface area contributed by atoms with Gasteiger partial charge in [-0.25, -0.2) is 13.1 Å². The maximum atomic E-state index is 13.6. The molecule has 7 rings (SSSR count). The normalized spacial score (nSPS) is 31.5. The number of nitrogens with zero attached hydrogens (tertiary/aromatic N) is 3. The number of aryl methyl sites for hydroxylation is 1. The van der Waals surface area contributed by atoms with Crippen LogP contribution < -0.4 is 14.4 Å². The van der Waals surface area contributed by atoms with E-state index in [1.165, 1.54) is 5.56 Å². The number of halogens is 1. The fraction of sp³-hybridized carbons (Fsp3) is 0.667. The van der Waals surface area contributed by atoms with Gasteiger partial charge in [0.15, 0.2) is 0 Å². The quantitative estimate of drug-likeness (QED) is 0.444. The van der Waals surface area contributed by atoms with Gasteiger partial charge >= 0.3 is 0 Å². The SMILES string of the molecule is C[C@@H]1[C@@H](C)CCC[C@@](O)(CN2CC(N3CCOCC3)C2)[C@@H]2CC[C@H]2CN2CCCCc3cc(Cl)ccc3COc3ccc(cc32)C(=O)NS1(=O)=O. The number of aliphatic hydroxyl groups is 1. The molecule has 0 aromatic heterocycles. The van der Waals surface area contributed by atoms with Crippen molar-refractivity contribution in [2.45, 2.75) is 88.7 Å². The molecule has 1 amide bonds. The number of nitrogens with one attached hydrogen (secondary N) is 1. The number of sulfonamides is 1. The van der Waals surface area contributed by atoms with Gasteiger partial charge in [0.05, 0.1) is 29.8 Å². The smallest absolute Gasteiger partial charge is 0.264 e.